The molecule has 1 aliphatic rings. The monoisotopic (exact) mass is 411 g/mol. The summed E-state index contributed by atoms with van der Waals surface area (Å²) in [5.74, 6) is -0.370. The summed E-state index contributed by atoms with van der Waals surface area (Å²) in [5, 5.41) is 10.7. The Kier molecular flexibility index (Phi) is 6.86. The molecule has 0 saturated carbocycles. The van der Waals surface area contributed by atoms with Gasteiger partial charge >= 0.3 is 0 Å². The highest BCUT2D eigenvalue weighted by Crippen LogP contribution is 2.29. The quantitative estimate of drug-likeness (QED) is 0.807. The lowest BCUT2D eigenvalue weighted by atomic mass is 9.90. The molecule has 2 N–H and O–H groups in total. The zero-order valence-electron chi connectivity index (χ0n) is 15.4. The van der Waals surface area contributed by atoms with E-state index in [1.165, 1.54) is 4.90 Å². The smallest absolute Gasteiger partial charge is 0.254 e. The van der Waals surface area contributed by atoms with Gasteiger partial charge in [0, 0.05) is 52.0 Å². The van der Waals surface area contributed by atoms with E-state index >= 15 is 0 Å². The third kappa shape index (κ3) is 4.61. The molecule has 1 fully saturated rings. The molecule has 1 aromatic carbocycles. The lowest BCUT2D eigenvalue weighted by Gasteiger charge is -2.18. The number of aryl methyl sites for hydroxylation is 1. The van der Waals surface area contributed by atoms with Crippen LogP contribution in [-0.4, -0.2) is 53.7 Å². The molecular formula is C18H23Cl2N5O2. The second-order valence-corrected chi connectivity index (χ2v) is 7.11. The zero-order chi connectivity index (χ0) is 18.8. The van der Waals surface area contributed by atoms with Gasteiger partial charge < -0.3 is 15.5 Å². The number of rotatable bonds is 4. The molecule has 1 saturated heterocycles. The minimum Gasteiger partial charge on any atom is -0.345 e. The van der Waals surface area contributed by atoms with Gasteiger partial charge in [0.1, 0.15) is 0 Å². The molecule has 0 aliphatic carbocycles. The number of nitrogens with one attached hydrogen (secondary N) is 2. The van der Waals surface area contributed by atoms with Crippen LogP contribution in [0.3, 0.4) is 0 Å². The molecule has 7 nitrogen and oxygen atoms in total. The van der Waals surface area contributed by atoms with E-state index in [4.69, 9.17) is 11.6 Å². The van der Waals surface area contributed by atoms with Crippen molar-refractivity contribution in [2.24, 2.45) is 13.0 Å². The van der Waals surface area contributed by atoms with Gasteiger partial charge in [-0.15, -0.1) is 12.4 Å². The number of carbonyl (C=O) groups excluding carboxylic acids is 2. The maximum absolute atomic E-state index is 12.7. The van der Waals surface area contributed by atoms with Crippen molar-refractivity contribution >= 4 is 41.5 Å². The molecule has 1 aromatic heterocycles. The molecule has 0 radical (unpaired) electrons. The Morgan fingerprint density at radius 1 is 1.33 bits per heavy atom. The van der Waals surface area contributed by atoms with E-state index in [0.717, 1.165) is 12.1 Å². The number of benzene rings is 1. The molecule has 2 amide bonds. The largest absolute Gasteiger partial charge is 0.345 e. The first-order valence-electron chi connectivity index (χ1n) is 8.38. The van der Waals surface area contributed by atoms with Gasteiger partial charge in [-0.1, -0.05) is 11.6 Å². The molecule has 2 atom stereocenters. The van der Waals surface area contributed by atoms with Crippen LogP contribution in [0.15, 0.2) is 30.6 Å². The number of anilines is 1. The zero-order valence-corrected chi connectivity index (χ0v) is 17.0. The molecule has 0 spiro atoms. The van der Waals surface area contributed by atoms with Crippen molar-refractivity contribution in [1.29, 1.82) is 0 Å². The van der Waals surface area contributed by atoms with Crippen molar-refractivity contribution in [3.8, 4) is 0 Å². The van der Waals surface area contributed by atoms with Crippen LogP contribution in [0.2, 0.25) is 5.02 Å². The molecule has 3 rings (SSSR count). The Hall–Kier alpha value is -2.09. The highest BCUT2D eigenvalue weighted by Gasteiger charge is 2.34. The molecule has 9 heteroatoms. The third-order valence-electron chi connectivity index (χ3n) is 4.58. The van der Waals surface area contributed by atoms with Crippen molar-refractivity contribution in [3.63, 3.8) is 0 Å². The van der Waals surface area contributed by atoms with Crippen LogP contribution in [-0.2, 0) is 11.8 Å². The Balaban J connectivity index is 0.00000261. The Morgan fingerprint density at radius 2 is 2.07 bits per heavy atom. The summed E-state index contributed by atoms with van der Waals surface area (Å²) in [5.41, 5.74) is 2.03. The van der Waals surface area contributed by atoms with Crippen LogP contribution in [0.25, 0.3) is 0 Å². The predicted molar refractivity (Wildman–Crippen MR) is 108 cm³/mol. The average molecular weight is 412 g/mol. The number of nitrogens with zero attached hydrogens (tertiary/aromatic N) is 3. The molecule has 0 unspecified atom stereocenters. The summed E-state index contributed by atoms with van der Waals surface area (Å²) in [6.07, 6.45) is 3.74. The second-order valence-electron chi connectivity index (χ2n) is 6.70. The van der Waals surface area contributed by atoms with Gasteiger partial charge in [0.2, 0.25) is 5.91 Å². The van der Waals surface area contributed by atoms with Gasteiger partial charge in [0.25, 0.3) is 5.91 Å². The molecular weight excluding hydrogens is 389 g/mol. The maximum atomic E-state index is 12.7. The standard InChI is InChI=1S/C18H22ClN5O2.ClH/c1-23(2)18(26)13-5-4-12(6-16(13)19)22-17(25)15-9-20-8-14(15)11-7-21-24(3)10-11;/h4-7,10,14-15,20H,8-9H2,1-3H3,(H,22,25);1H/t14-,15+;/m1./s1. The molecule has 2 aromatic rings. The Labute approximate surface area is 169 Å². The van der Waals surface area contributed by atoms with Crippen LogP contribution >= 0.6 is 24.0 Å². The fourth-order valence-corrected chi connectivity index (χ4v) is 3.44. The summed E-state index contributed by atoms with van der Waals surface area (Å²) in [6, 6.07) is 4.94. The SMILES string of the molecule is CN(C)C(=O)c1ccc(NC(=O)[C@H]2CNC[C@@H]2c2cnn(C)c2)cc1Cl.Cl. The molecule has 27 heavy (non-hydrogen) atoms. The van der Waals surface area contributed by atoms with Crippen molar-refractivity contribution in [2.45, 2.75) is 5.92 Å². The first kappa shape index (κ1) is 21.2. The van der Waals surface area contributed by atoms with Gasteiger partial charge in [-0.2, -0.15) is 5.10 Å². The summed E-state index contributed by atoms with van der Waals surface area (Å²) >= 11 is 6.22. The maximum Gasteiger partial charge on any atom is 0.254 e. The van der Waals surface area contributed by atoms with E-state index in [-0.39, 0.29) is 36.1 Å². The fourth-order valence-electron chi connectivity index (χ4n) is 3.18. The Bertz CT molecular complexity index is 837. The summed E-state index contributed by atoms with van der Waals surface area (Å²) in [4.78, 5) is 26.3. The molecule has 1 aliphatic heterocycles. The summed E-state index contributed by atoms with van der Waals surface area (Å²) in [7, 11) is 5.19. The highest BCUT2D eigenvalue weighted by molar-refractivity contribution is 6.34. The van der Waals surface area contributed by atoms with Crippen molar-refractivity contribution in [3.05, 3.63) is 46.7 Å². The predicted octanol–water partition coefficient (Wildman–Crippen LogP) is 2.14. The van der Waals surface area contributed by atoms with E-state index in [1.807, 2.05) is 13.2 Å². The normalized spacial score (nSPS) is 18.7. The lowest BCUT2D eigenvalue weighted by Crippen LogP contribution is -2.28. The first-order valence-corrected chi connectivity index (χ1v) is 8.76. The van der Waals surface area contributed by atoms with E-state index in [0.29, 0.717) is 22.8 Å². The number of amides is 2. The summed E-state index contributed by atoms with van der Waals surface area (Å²) in [6.45, 7) is 1.34. The van der Waals surface area contributed by atoms with E-state index in [1.54, 1.807) is 43.2 Å². The van der Waals surface area contributed by atoms with Gasteiger partial charge in [-0.05, 0) is 23.8 Å². The first-order chi connectivity index (χ1) is 12.4. The number of aromatic nitrogens is 2. The van der Waals surface area contributed by atoms with Gasteiger partial charge in [0.15, 0.2) is 0 Å². The lowest BCUT2D eigenvalue weighted by molar-refractivity contribution is -0.119. The number of halogens is 2. The number of carbonyl (C=O) groups is 2. The van der Waals surface area contributed by atoms with Gasteiger partial charge in [0.05, 0.1) is 22.7 Å². The van der Waals surface area contributed by atoms with Crippen molar-refractivity contribution < 1.29 is 9.59 Å². The Morgan fingerprint density at radius 3 is 2.67 bits per heavy atom. The molecule has 146 valence electrons. The van der Waals surface area contributed by atoms with E-state index < -0.39 is 0 Å². The fraction of sp³-hybridized carbons (Fsp3) is 0.389. The summed E-state index contributed by atoms with van der Waals surface area (Å²) < 4.78 is 1.74. The van der Waals surface area contributed by atoms with Crippen LogP contribution in [0.5, 0.6) is 0 Å². The van der Waals surface area contributed by atoms with Crippen LogP contribution in [0.1, 0.15) is 21.8 Å². The molecule has 2 heterocycles. The van der Waals surface area contributed by atoms with Crippen LogP contribution in [0, 0.1) is 5.92 Å². The van der Waals surface area contributed by atoms with Gasteiger partial charge in [-0.3, -0.25) is 14.3 Å². The van der Waals surface area contributed by atoms with Crippen molar-refractivity contribution in [1.82, 2.24) is 20.0 Å². The second kappa shape index (κ2) is 8.73. The van der Waals surface area contributed by atoms with Crippen molar-refractivity contribution in [2.75, 3.05) is 32.5 Å². The molecule has 0 bridgehead atoms. The van der Waals surface area contributed by atoms with Crippen LogP contribution in [0.4, 0.5) is 5.69 Å². The minimum atomic E-state index is -0.193. The van der Waals surface area contributed by atoms with Crippen LogP contribution < -0.4 is 10.6 Å². The third-order valence-corrected chi connectivity index (χ3v) is 4.89. The van der Waals surface area contributed by atoms with Gasteiger partial charge in [-0.25, -0.2) is 0 Å². The van der Waals surface area contributed by atoms with E-state index in [2.05, 4.69) is 15.7 Å². The average Bonchev–Trinajstić information content (AvgIpc) is 3.22. The topological polar surface area (TPSA) is 79.3 Å². The highest BCUT2D eigenvalue weighted by atomic mass is 35.5. The van der Waals surface area contributed by atoms with E-state index in [9.17, 15) is 9.59 Å². The number of hydrogen-bond acceptors (Lipinski definition) is 4. The minimum absolute atomic E-state index is 0. The number of hydrogen-bond donors (Lipinski definition) is 2.